The minimum atomic E-state index is -1.16. The van der Waals surface area contributed by atoms with E-state index in [1.165, 1.54) is 4.90 Å². The van der Waals surface area contributed by atoms with E-state index in [2.05, 4.69) is 26.1 Å². The lowest BCUT2D eigenvalue weighted by atomic mass is 9.75. The van der Waals surface area contributed by atoms with Gasteiger partial charge in [-0.1, -0.05) is 52.3 Å². The first kappa shape index (κ1) is 19.4. The van der Waals surface area contributed by atoms with E-state index in [4.69, 9.17) is 0 Å². The fraction of sp³-hybridized carbons (Fsp3) is 0.269. The lowest BCUT2D eigenvalue weighted by molar-refractivity contribution is -0.135. The molecular weight excluding hydrogens is 482 g/mol. The molecule has 0 aromatic heterocycles. The molecule has 1 spiro atoms. The van der Waals surface area contributed by atoms with Gasteiger partial charge >= 0.3 is 0 Å². The van der Waals surface area contributed by atoms with Gasteiger partial charge in [0.25, 0.3) is 0 Å². The number of imide groups is 1. The number of rotatable bonds is 1. The molecule has 0 aliphatic carbocycles. The Bertz CT molecular complexity index is 1400. The Hall–Kier alpha value is -3.03. The van der Waals surface area contributed by atoms with E-state index in [0.717, 1.165) is 39.3 Å². The van der Waals surface area contributed by atoms with Gasteiger partial charge in [-0.15, -0.1) is 0 Å². The Balaban J connectivity index is 1.46. The zero-order valence-electron chi connectivity index (χ0n) is 17.6. The summed E-state index contributed by atoms with van der Waals surface area (Å²) in [4.78, 5) is 45.3. The van der Waals surface area contributed by atoms with Gasteiger partial charge in [0.15, 0.2) is 0 Å². The normalized spacial score (nSPS) is 30.3. The van der Waals surface area contributed by atoms with Crippen LogP contribution in [-0.4, -0.2) is 35.2 Å². The highest BCUT2D eigenvalue weighted by molar-refractivity contribution is 9.10. The first-order valence-corrected chi connectivity index (χ1v) is 12.1. The third-order valence-electron chi connectivity index (χ3n) is 7.96. The molecule has 3 amide bonds. The molecule has 7 rings (SSSR count). The van der Waals surface area contributed by atoms with Crippen molar-refractivity contribution < 1.29 is 14.4 Å². The number of hydrogen-bond donors (Lipinski definition) is 1. The summed E-state index contributed by atoms with van der Waals surface area (Å²) in [5.74, 6) is -1.94. The second kappa shape index (κ2) is 6.52. The van der Waals surface area contributed by atoms with Gasteiger partial charge in [-0.2, -0.15) is 0 Å². The predicted molar refractivity (Wildman–Crippen MR) is 128 cm³/mol. The molecule has 0 saturated carbocycles. The maximum atomic E-state index is 14.2. The Labute approximate surface area is 198 Å². The predicted octanol–water partition coefficient (Wildman–Crippen LogP) is 4.03. The highest BCUT2D eigenvalue weighted by Gasteiger charge is 2.74. The average molecular weight is 502 g/mol. The maximum absolute atomic E-state index is 14.2. The standard InChI is InChI=1S/C26H20BrN3O3/c27-15-10-11-18-17(13-15)26(25(33)28-18)22-21(20-9-4-12-29(20)26)23(31)30(24(22)32)19-8-3-6-14-5-1-2-7-16(14)19/h1-3,5-8,10-11,13,20-22H,4,9,12H2,(H,28,33)/t20-,21-,22-,26+/m0/s1. The smallest absolute Gasteiger partial charge is 0.250 e. The molecule has 0 bridgehead atoms. The van der Waals surface area contributed by atoms with Crippen LogP contribution < -0.4 is 10.2 Å². The monoisotopic (exact) mass is 501 g/mol. The number of halogens is 1. The van der Waals surface area contributed by atoms with E-state index in [1.54, 1.807) is 0 Å². The fourth-order valence-electron chi connectivity index (χ4n) is 6.82. The topological polar surface area (TPSA) is 69.7 Å². The van der Waals surface area contributed by atoms with Gasteiger partial charge in [0.2, 0.25) is 17.7 Å². The molecule has 33 heavy (non-hydrogen) atoms. The molecule has 0 radical (unpaired) electrons. The summed E-state index contributed by atoms with van der Waals surface area (Å²) in [5, 5.41) is 4.85. The molecule has 3 aromatic carbocycles. The minimum absolute atomic E-state index is 0.123. The van der Waals surface area contributed by atoms with Crippen molar-refractivity contribution in [3.05, 3.63) is 70.7 Å². The van der Waals surface area contributed by atoms with Crippen molar-refractivity contribution in [3.63, 3.8) is 0 Å². The van der Waals surface area contributed by atoms with Crippen molar-refractivity contribution in [3.8, 4) is 0 Å². The van der Waals surface area contributed by atoms with Crippen molar-refractivity contribution in [2.75, 3.05) is 16.8 Å². The van der Waals surface area contributed by atoms with Gasteiger partial charge in [-0.3, -0.25) is 19.3 Å². The Morgan fingerprint density at radius 2 is 1.79 bits per heavy atom. The molecule has 3 aromatic rings. The van der Waals surface area contributed by atoms with Crippen LogP contribution in [0.25, 0.3) is 10.8 Å². The number of anilines is 2. The fourth-order valence-corrected chi connectivity index (χ4v) is 7.18. The minimum Gasteiger partial charge on any atom is -0.324 e. The van der Waals surface area contributed by atoms with Crippen molar-refractivity contribution in [1.82, 2.24) is 4.90 Å². The zero-order valence-corrected chi connectivity index (χ0v) is 19.2. The van der Waals surface area contributed by atoms with Crippen molar-refractivity contribution in [2.45, 2.75) is 24.4 Å². The quantitative estimate of drug-likeness (QED) is 0.511. The van der Waals surface area contributed by atoms with Crippen LogP contribution in [0.3, 0.4) is 0 Å². The number of fused-ring (bicyclic) bond motifs is 8. The number of carbonyl (C=O) groups is 3. The summed E-state index contributed by atoms with van der Waals surface area (Å²) in [6.07, 6.45) is 1.71. The van der Waals surface area contributed by atoms with Gasteiger partial charge in [-0.05, 0) is 49.0 Å². The highest BCUT2D eigenvalue weighted by atomic mass is 79.9. The van der Waals surface area contributed by atoms with E-state index >= 15 is 0 Å². The van der Waals surface area contributed by atoms with Crippen LogP contribution in [-0.2, 0) is 19.9 Å². The summed E-state index contributed by atoms with van der Waals surface area (Å²) in [7, 11) is 0. The van der Waals surface area contributed by atoms with Crippen LogP contribution in [0.1, 0.15) is 18.4 Å². The second-order valence-corrected chi connectivity index (χ2v) is 10.2. The summed E-state index contributed by atoms with van der Waals surface area (Å²) < 4.78 is 0.846. The summed E-state index contributed by atoms with van der Waals surface area (Å²) in [6.45, 7) is 0.700. The van der Waals surface area contributed by atoms with Crippen molar-refractivity contribution >= 4 is 55.8 Å². The Kier molecular flexibility index (Phi) is 3.84. The number of hydrogen-bond acceptors (Lipinski definition) is 4. The van der Waals surface area contributed by atoms with E-state index < -0.39 is 17.4 Å². The molecule has 3 fully saturated rings. The van der Waals surface area contributed by atoms with E-state index in [-0.39, 0.29) is 23.8 Å². The molecule has 4 aliphatic heterocycles. The molecule has 0 unspecified atom stereocenters. The van der Waals surface area contributed by atoms with Crippen LogP contribution in [0.15, 0.2) is 65.1 Å². The zero-order chi connectivity index (χ0) is 22.5. The number of nitrogens with one attached hydrogen (secondary N) is 1. The lowest BCUT2D eigenvalue weighted by Crippen LogP contribution is -2.54. The van der Waals surface area contributed by atoms with Crippen molar-refractivity contribution in [2.24, 2.45) is 11.8 Å². The van der Waals surface area contributed by atoms with Gasteiger partial charge in [0.05, 0.1) is 17.5 Å². The Morgan fingerprint density at radius 3 is 2.67 bits per heavy atom. The van der Waals surface area contributed by atoms with E-state index in [0.29, 0.717) is 12.2 Å². The second-order valence-electron chi connectivity index (χ2n) is 9.33. The van der Waals surface area contributed by atoms with E-state index in [9.17, 15) is 14.4 Å². The first-order valence-electron chi connectivity index (χ1n) is 11.3. The summed E-state index contributed by atoms with van der Waals surface area (Å²) >= 11 is 3.54. The summed E-state index contributed by atoms with van der Waals surface area (Å²) in [6, 6.07) is 19.0. The highest BCUT2D eigenvalue weighted by Crippen LogP contribution is 2.61. The van der Waals surface area contributed by atoms with Crippen molar-refractivity contribution in [1.29, 1.82) is 0 Å². The number of nitrogens with zero attached hydrogens (tertiary/aromatic N) is 2. The molecule has 4 heterocycles. The molecule has 4 atom stereocenters. The van der Waals surface area contributed by atoms with E-state index in [1.807, 2.05) is 60.7 Å². The molecular formula is C26H20BrN3O3. The molecule has 7 heteroatoms. The van der Waals surface area contributed by atoms with Crippen LogP contribution in [0.4, 0.5) is 11.4 Å². The third-order valence-corrected chi connectivity index (χ3v) is 8.46. The SMILES string of the molecule is O=C1[C@@H]2[C@@H](C(=O)N1c1cccc3ccccc13)[C@]1(C(=O)Nc3ccc(Br)cc31)N1CCC[C@@H]21. The Morgan fingerprint density at radius 1 is 0.970 bits per heavy atom. The lowest BCUT2D eigenvalue weighted by Gasteiger charge is -2.36. The van der Waals surface area contributed by atoms with Crippen LogP contribution in [0.5, 0.6) is 0 Å². The first-order chi connectivity index (χ1) is 16.0. The van der Waals surface area contributed by atoms with Crippen LogP contribution in [0, 0.1) is 11.8 Å². The van der Waals surface area contributed by atoms with Crippen LogP contribution in [0.2, 0.25) is 0 Å². The number of carbonyl (C=O) groups excluding carboxylic acids is 3. The molecule has 6 nitrogen and oxygen atoms in total. The third kappa shape index (κ3) is 2.24. The maximum Gasteiger partial charge on any atom is 0.250 e. The van der Waals surface area contributed by atoms with Gasteiger partial charge in [0.1, 0.15) is 5.54 Å². The van der Waals surface area contributed by atoms with Gasteiger partial charge in [0, 0.05) is 27.2 Å². The molecule has 3 saturated heterocycles. The van der Waals surface area contributed by atoms with Crippen LogP contribution >= 0.6 is 15.9 Å². The number of benzene rings is 3. The molecule has 4 aliphatic rings. The molecule has 1 N–H and O–H groups in total. The summed E-state index contributed by atoms with van der Waals surface area (Å²) in [5.41, 5.74) is 0.961. The van der Waals surface area contributed by atoms with Gasteiger partial charge in [-0.25, -0.2) is 4.90 Å². The number of amides is 3. The largest absolute Gasteiger partial charge is 0.324 e. The average Bonchev–Trinajstić information content (AvgIpc) is 3.52. The molecule has 164 valence electrons. The van der Waals surface area contributed by atoms with Gasteiger partial charge < -0.3 is 5.32 Å².